The molecule has 0 atom stereocenters. The molecule has 2 aromatic rings. The van der Waals surface area contributed by atoms with Crippen molar-refractivity contribution in [1.29, 1.82) is 0 Å². The van der Waals surface area contributed by atoms with Gasteiger partial charge < -0.3 is 5.32 Å². The van der Waals surface area contributed by atoms with Crippen LogP contribution in [-0.2, 0) is 4.79 Å². The Balaban J connectivity index is 2.07. The monoisotopic (exact) mass is 268 g/mol. The summed E-state index contributed by atoms with van der Waals surface area (Å²) in [5.41, 5.74) is 3.01. The molecule has 0 aliphatic rings. The molecule has 20 heavy (non-hydrogen) atoms. The van der Waals surface area contributed by atoms with Crippen LogP contribution in [0.25, 0.3) is 11.1 Å². The van der Waals surface area contributed by atoms with Crippen molar-refractivity contribution in [3.63, 3.8) is 0 Å². The smallest absolute Gasteiger partial charge is 0.227 e. The molecule has 0 saturated heterocycles. The van der Waals surface area contributed by atoms with Gasteiger partial charge >= 0.3 is 0 Å². The van der Waals surface area contributed by atoms with Crippen LogP contribution in [0.2, 0.25) is 0 Å². The second-order valence-electron chi connectivity index (χ2n) is 4.82. The van der Waals surface area contributed by atoms with E-state index in [1.165, 1.54) is 0 Å². The summed E-state index contributed by atoms with van der Waals surface area (Å²) in [6, 6.07) is 11.8. The van der Waals surface area contributed by atoms with Gasteiger partial charge in [-0.05, 0) is 42.2 Å². The minimum Gasteiger partial charge on any atom is -0.326 e. The number of carbonyl (C=O) groups is 1. The van der Waals surface area contributed by atoms with E-state index in [-0.39, 0.29) is 11.8 Å². The number of rotatable bonds is 5. The molecule has 0 unspecified atom stereocenters. The third-order valence-corrected chi connectivity index (χ3v) is 3.50. The lowest BCUT2D eigenvalue weighted by Crippen LogP contribution is -2.21. The SMILES string of the molecule is CCC(CC)C(=O)Nc1ccc(-c2cccnc2)cc1. The largest absolute Gasteiger partial charge is 0.326 e. The molecule has 2 rings (SSSR count). The van der Waals surface area contributed by atoms with Crippen molar-refractivity contribution in [2.75, 3.05) is 5.32 Å². The van der Waals surface area contributed by atoms with Crippen molar-refractivity contribution in [2.24, 2.45) is 5.92 Å². The molecule has 1 heterocycles. The van der Waals surface area contributed by atoms with Gasteiger partial charge in [0.2, 0.25) is 5.91 Å². The number of pyridine rings is 1. The van der Waals surface area contributed by atoms with E-state index in [0.29, 0.717) is 0 Å². The molecule has 0 saturated carbocycles. The number of anilines is 1. The van der Waals surface area contributed by atoms with Crippen molar-refractivity contribution < 1.29 is 4.79 Å². The Morgan fingerprint density at radius 1 is 1.10 bits per heavy atom. The van der Waals surface area contributed by atoms with Crippen LogP contribution in [0.1, 0.15) is 26.7 Å². The maximum atomic E-state index is 12.0. The minimum absolute atomic E-state index is 0.0907. The first-order chi connectivity index (χ1) is 9.74. The van der Waals surface area contributed by atoms with Gasteiger partial charge in [-0.25, -0.2) is 0 Å². The maximum Gasteiger partial charge on any atom is 0.227 e. The van der Waals surface area contributed by atoms with E-state index in [1.807, 2.05) is 56.4 Å². The molecule has 1 aromatic carbocycles. The van der Waals surface area contributed by atoms with E-state index in [2.05, 4.69) is 10.3 Å². The molecule has 3 heteroatoms. The topological polar surface area (TPSA) is 42.0 Å². The van der Waals surface area contributed by atoms with Crippen molar-refractivity contribution in [1.82, 2.24) is 4.98 Å². The van der Waals surface area contributed by atoms with Crippen LogP contribution in [0.3, 0.4) is 0 Å². The van der Waals surface area contributed by atoms with Crippen molar-refractivity contribution in [3.8, 4) is 11.1 Å². The van der Waals surface area contributed by atoms with Gasteiger partial charge in [0.15, 0.2) is 0 Å². The van der Waals surface area contributed by atoms with Crippen LogP contribution in [0.15, 0.2) is 48.8 Å². The summed E-state index contributed by atoms with van der Waals surface area (Å²) in [6.45, 7) is 4.08. The highest BCUT2D eigenvalue weighted by atomic mass is 16.1. The van der Waals surface area contributed by atoms with Crippen molar-refractivity contribution in [3.05, 3.63) is 48.8 Å². The van der Waals surface area contributed by atoms with Crippen LogP contribution in [0.5, 0.6) is 0 Å². The number of benzene rings is 1. The molecule has 1 aromatic heterocycles. The third-order valence-electron chi connectivity index (χ3n) is 3.50. The van der Waals surface area contributed by atoms with Gasteiger partial charge in [0.1, 0.15) is 0 Å². The predicted molar refractivity (Wildman–Crippen MR) is 82.4 cm³/mol. The zero-order valence-corrected chi connectivity index (χ0v) is 12.0. The Morgan fingerprint density at radius 3 is 2.35 bits per heavy atom. The first-order valence-corrected chi connectivity index (χ1v) is 7.06. The molecule has 0 aliphatic carbocycles. The van der Waals surface area contributed by atoms with Crippen LogP contribution < -0.4 is 5.32 Å². The molecule has 0 radical (unpaired) electrons. The summed E-state index contributed by atoms with van der Waals surface area (Å²) in [6.07, 6.45) is 5.33. The van der Waals surface area contributed by atoms with Gasteiger partial charge in [0.05, 0.1) is 0 Å². The van der Waals surface area contributed by atoms with Crippen LogP contribution >= 0.6 is 0 Å². The Kier molecular flexibility index (Phi) is 4.88. The lowest BCUT2D eigenvalue weighted by Gasteiger charge is -2.13. The molecule has 0 aliphatic heterocycles. The van der Waals surface area contributed by atoms with Gasteiger partial charge in [0, 0.05) is 24.0 Å². The molecule has 0 spiro atoms. The molecule has 0 fully saturated rings. The first kappa shape index (κ1) is 14.3. The number of hydrogen-bond acceptors (Lipinski definition) is 2. The van der Waals surface area contributed by atoms with E-state index in [4.69, 9.17) is 0 Å². The molecule has 1 amide bonds. The van der Waals surface area contributed by atoms with Crippen LogP contribution in [0, 0.1) is 5.92 Å². The Morgan fingerprint density at radius 2 is 1.80 bits per heavy atom. The zero-order valence-electron chi connectivity index (χ0n) is 12.0. The number of carbonyl (C=O) groups excluding carboxylic acids is 1. The summed E-state index contributed by atoms with van der Waals surface area (Å²) >= 11 is 0. The lowest BCUT2D eigenvalue weighted by atomic mass is 10.0. The Hall–Kier alpha value is -2.16. The Bertz CT molecular complexity index is 545. The van der Waals surface area contributed by atoms with Gasteiger partial charge in [-0.2, -0.15) is 0 Å². The molecular weight excluding hydrogens is 248 g/mol. The highest BCUT2D eigenvalue weighted by Crippen LogP contribution is 2.21. The first-order valence-electron chi connectivity index (χ1n) is 7.06. The number of hydrogen-bond donors (Lipinski definition) is 1. The number of aromatic nitrogens is 1. The highest BCUT2D eigenvalue weighted by Gasteiger charge is 2.13. The summed E-state index contributed by atoms with van der Waals surface area (Å²) in [5, 5.41) is 2.97. The quantitative estimate of drug-likeness (QED) is 0.886. The average Bonchev–Trinajstić information content (AvgIpc) is 2.50. The second kappa shape index (κ2) is 6.85. The lowest BCUT2D eigenvalue weighted by molar-refractivity contribution is -0.120. The van der Waals surface area contributed by atoms with Gasteiger partial charge in [-0.15, -0.1) is 0 Å². The molecule has 3 nitrogen and oxygen atoms in total. The average molecular weight is 268 g/mol. The summed E-state index contributed by atoms with van der Waals surface area (Å²) in [7, 11) is 0. The van der Waals surface area contributed by atoms with Crippen molar-refractivity contribution in [2.45, 2.75) is 26.7 Å². The molecular formula is C17H20N2O. The molecule has 0 bridgehead atoms. The Labute approximate surface area is 120 Å². The van der Waals surface area contributed by atoms with Crippen molar-refractivity contribution >= 4 is 11.6 Å². The standard InChI is InChI=1S/C17H20N2O/c1-3-13(4-2)17(20)19-16-9-7-14(8-10-16)15-6-5-11-18-12-15/h5-13H,3-4H2,1-2H3,(H,19,20). The zero-order chi connectivity index (χ0) is 14.4. The van der Waals surface area contributed by atoms with Crippen LogP contribution in [-0.4, -0.2) is 10.9 Å². The third kappa shape index (κ3) is 3.44. The fourth-order valence-corrected chi connectivity index (χ4v) is 2.18. The van der Waals surface area contributed by atoms with E-state index in [9.17, 15) is 4.79 Å². The fourth-order valence-electron chi connectivity index (χ4n) is 2.18. The van der Waals surface area contributed by atoms with Gasteiger partial charge in [-0.3, -0.25) is 9.78 Å². The van der Waals surface area contributed by atoms with Gasteiger partial charge in [0.25, 0.3) is 0 Å². The van der Waals surface area contributed by atoms with Gasteiger partial charge in [-0.1, -0.05) is 32.0 Å². The van der Waals surface area contributed by atoms with E-state index in [0.717, 1.165) is 29.7 Å². The number of nitrogens with zero attached hydrogens (tertiary/aromatic N) is 1. The number of nitrogens with one attached hydrogen (secondary N) is 1. The summed E-state index contributed by atoms with van der Waals surface area (Å²) in [5.74, 6) is 0.192. The molecule has 104 valence electrons. The second-order valence-corrected chi connectivity index (χ2v) is 4.82. The van der Waals surface area contributed by atoms with E-state index < -0.39 is 0 Å². The highest BCUT2D eigenvalue weighted by molar-refractivity contribution is 5.92. The predicted octanol–water partition coefficient (Wildman–Crippen LogP) is 4.12. The summed E-state index contributed by atoms with van der Waals surface area (Å²) in [4.78, 5) is 16.1. The van der Waals surface area contributed by atoms with E-state index >= 15 is 0 Å². The van der Waals surface area contributed by atoms with E-state index in [1.54, 1.807) is 6.20 Å². The number of amides is 1. The maximum absolute atomic E-state index is 12.0. The minimum atomic E-state index is 0.0907. The summed E-state index contributed by atoms with van der Waals surface area (Å²) < 4.78 is 0. The molecule has 1 N–H and O–H groups in total. The fraction of sp³-hybridized carbons (Fsp3) is 0.294. The normalized spacial score (nSPS) is 10.6. The van der Waals surface area contributed by atoms with Crippen LogP contribution in [0.4, 0.5) is 5.69 Å².